The molecule has 0 radical (unpaired) electrons. The van der Waals surface area contributed by atoms with E-state index in [2.05, 4.69) is 4.99 Å². The number of hydrogen-bond donors (Lipinski definition) is 0. The third-order valence-corrected chi connectivity index (χ3v) is 5.66. The van der Waals surface area contributed by atoms with Gasteiger partial charge in [-0.1, -0.05) is 42.5 Å². The summed E-state index contributed by atoms with van der Waals surface area (Å²) in [5, 5.41) is 1.45. The van der Waals surface area contributed by atoms with E-state index in [9.17, 15) is 9.59 Å². The molecule has 0 unspecified atom stereocenters. The number of amides is 2. The molecule has 2 amide bonds. The number of carbonyl (C=O) groups excluding carboxylic acids is 2. The first-order valence-corrected chi connectivity index (χ1v) is 10.4. The molecule has 0 spiro atoms. The maximum atomic E-state index is 13.3. The first-order valence-electron chi connectivity index (χ1n) is 10.4. The predicted octanol–water partition coefficient (Wildman–Crippen LogP) is 5.46. The highest BCUT2D eigenvalue weighted by atomic mass is 16.2. The molecule has 5 heteroatoms. The van der Waals surface area contributed by atoms with Gasteiger partial charge in [0.25, 0.3) is 11.8 Å². The Labute approximate surface area is 186 Å². The van der Waals surface area contributed by atoms with Crippen molar-refractivity contribution in [2.45, 2.75) is 0 Å². The first kappa shape index (κ1) is 19.7. The van der Waals surface area contributed by atoms with E-state index in [1.165, 1.54) is 4.90 Å². The second-order valence-corrected chi connectivity index (χ2v) is 7.89. The smallest absolute Gasteiger partial charge is 0.265 e. The maximum Gasteiger partial charge on any atom is 0.265 e. The highest BCUT2D eigenvalue weighted by Gasteiger charge is 2.34. The Morgan fingerprint density at radius 1 is 0.750 bits per heavy atom. The summed E-state index contributed by atoms with van der Waals surface area (Å²) in [6.45, 7) is 0. The summed E-state index contributed by atoms with van der Waals surface area (Å²) in [6, 6.07) is 26.2. The summed E-state index contributed by atoms with van der Waals surface area (Å²) in [7, 11) is 4.00. The van der Waals surface area contributed by atoms with Crippen LogP contribution in [0.5, 0.6) is 0 Å². The highest BCUT2D eigenvalue weighted by Crippen LogP contribution is 2.37. The third-order valence-electron chi connectivity index (χ3n) is 5.66. The molecule has 156 valence electrons. The van der Waals surface area contributed by atoms with Crippen LogP contribution in [0, 0.1) is 0 Å². The largest absolute Gasteiger partial charge is 0.378 e. The molecule has 0 atom stereocenters. The van der Waals surface area contributed by atoms with Crippen LogP contribution < -0.4 is 9.80 Å². The Hall–Kier alpha value is -4.25. The van der Waals surface area contributed by atoms with E-state index in [0.717, 1.165) is 22.3 Å². The summed E-state index contributed by atoms with van der Waals surface area (Å²) in [6.07, 6.45) is 1.80. The lowest BCUT2D eigenvalue weighted by atomic mass is 9.92. The van der Waals surface area contributed by atoms with Crippen molar-refractivity contribution < 1.29 is 9.59 Å². The van der Waals surface area contributed by atoms with Crippen LogP contribution in [-0.2, 0) is 0 Å². The van der Waals surface area contributed by atoms with Crippen molar-refractivity contribution in [2.24, 2.45) is 4.99 Å². The standard InChI is InChI=1S/C27H21N3O2/c1-29(2)19-13-11-18(12-14-19)17-28-24-16-15-23-25-21(24)9-6-10-22(25)26(31)30(27(23)32)20-7-4-3-5-8-20/h3-17H,1-2H3. The van der Waals surface area contributed by atoms with Crippen LogP contribution in [0.25, 0.3) is 10.8 Å². The highest BCUT2D eigenvalue weighted by molar-refractivity contribution is 6.36. The fourth-order valence-electron chi connectivity index (χ4n) is 4.01. The van der Waals surface area contributed by atoms with Crippen LogP contribution in [0.2, 0.25) is 0 Å². The van der Waals surface area contributed by atoms with Gasteiger partial charge >= 0.3 is 0 Å². The van der Waals surface area contributed by atoms with Gasteiger partial charge in [0.15, 0.2) is 0 Å². The van der Waals surface area contributed by atoms with Gasteiger partial charge in [0.2, 0.25) is 0 Å². The number of benzene rings is 4. The average molecular weight is 419 g/mol. The maximum absolute atomic E-state index is 13.3. The molecule has 1 heterocycles. The number of para-hydroxylation sites is 1. The summed E-state index contributed by atoms with van der Waals surface area (Å²) >= 11 is 0. The monoisotopic (exact) mass is 419 g/mol. The zero-order chi connectivity index (χ0) is 22.2. The molecule has 0 saturated carbocycles. The number of nitrogens with zero attached hydrogens (tertiary/aromatic N) is 3. The van der Waals surface area contributed by atoms with Gasteiger partial charge in [-0.25, -0.2) is 4.90 Å². The number of anilines is 2. The molecule has 1 aliphatic rings. The molecular weight excluding hydrogens is 398 g/mol. The van der Waals surface area contributed by atoms with Gasteiger partial charge < -0.3 is 4.90 Å². The topological polar surface area (TPSA) is 53.0 Å². The van der Waals surface area contributed by atoms with E-state index < -0.39 is 0 Å². The minimum atomic E-state index is -0.320. The Bertz CT molecular complexity index is 1350. The van der Waals surface area contributed by atoms with E-state index in [0.29, 0.717) is 22.2 Å². The molecule has 5 nitrogen and oxygen atoms in total. The summed E-state index contributed by atoms with van der Waals surface area (Å²) in [4.78, 5) is 34.5. The van der Waals surface area contributed by atoms with Gasteiger partial charge in [0.05, 0.1) is 11.4 Å². The van der Waals surface area contributed by atoms with Crippen molar-refractivity contribution in [3.63, 3.8) is 0 Å². The average Bonchev–Trinajstić information content (AvgIpc) is 2.82. The normalized spacial score (nSPS) is 13.2. The summed E-state index contributed by atoms with van der Waals surface area (Å²) in [5.41, 5.74) is 4.38. The van der Waals surface area contributed by atoms with E-state index in [4.69, 9.17) is 0 Å². The van der Waals surface area contributed by atoms with Gasteiger partial charge in [-0.15, -0.1) is 0 Å². The molecular formula is C27H21N3O2. The molecule has 0 aliphatic carbocycles. The van der Waals surface area contributed by atoms with Crippen LogP contribution >= 0.6 is 0 Å². The Balaban J connectivity index is 1.57. The van der Waals surface area contributed by atoms with Crippen molar-refractivity contribution in [1.29, 1.82) is 0 Å². The SMILES string of the molecule is CN(C)c1ccc(C=Nc2ccc3c4c(cccc24)C(=O)N(c2ccccc2)C3=O)cc1. The Morgan fingerprint density at radius 2 is 1.44 bits per heavy atom. The summed E-state index contributed by atoms with van der Waals surface area (Å²) in [5.74, 6) is -0.639. The van der Waals surface area contributed by atoms with Crippen molar-refractivity contribution in [3.05, 3.63) is 102 Å². The molecule has 0 aromatic heterocycles. The van der Waals surface area contributed by atoms with E-state index in [-0.39, 0.29) is 11.8 Å². The lowest BCUT2D eigenvalue weighted by Gasteiger charge is -2.27. The number of carbonyl (C=O) groups is 2. The quantitative estimate of drug-likeness (QED) is 0.326. The fourth-order valence-corrected chi connectivity index (χ4v) is 4.01. The van der Waals surface area contributed by atoms with Gasteiger partial charge in [0.1, 0.15) is 0 Å². The van der Waals surface area contributed by atoms with Gasteiger partial charge in [-0.05, 0) is 48.0 Å². The summed E-state index contributed by atoms with van der Waals surface area (Å²) < 4.78 is 0. The van der Waals surface area contributed by atoms with Crippen LogP contribution in [0.1, 0.15) is 26.3 Å². The van der Waals surface area contributed by atoms with Crippen molar-refractivity contribution in [3.8, 4) is 0 Å². The number of imide groups is 1. The lowest BCUT2D eigenvalue weighted by Crippen LogP contribution is -2.40. The Kier molecular flexibility index (Phi) is 4.79. The molecule has 4 aromatic carbocycles. The minimum Gasteiger partial charge on any atom is -0.378 e. The molecule has 32 heavy (non-hydrogen) atoms. The zero-order valence-corrected chi connectivity index (χ0v) is 17.8. The molecule has 5 rings (SSSR count). The minimum absolute atomic E-state index is 0.320. The van der Waals surface area contributed by atoms with E-state index in [1.54, 1.807) is 30.5 Å². The molecule has 0 N–H and O–H groups in total. The molecule has 4 aromatic rings. The van der Waals surface area contributed by atoms with Gasteiger partial charge in [0, 0.05) is 47.9 Å². The molecule has 1 aliphatic heterocycles. The number of hydrogen-bond acceptors (Lipinski definition) is 4. The predicted molar refractivity (Wildman–Crippen MR) is 130 cm³/mol. The van der Waals surface area contributed by atoms with Crippen LogP contribution in [0.15, 0.2) is 89.9 Å². The van der Waals surface area contributed by atoms with Crippen molar-refractivity contribution in [2.75, 3.05) is 23.9 Å². The van der Waals surface area contributed by atoms with E-state index in [1.807, 2.05) is 79.7 Å². The molecule has 0 saturated heterocycles. The van der Waals surface area contributed by atoms with Gasteiger partial charge in [-0.2, -0.15) is 0 Å². The zero-order valence-electron chi connectivity index (χ0n) is 17.8. The van der Waals surface area contributed by atoms with Crippen LogP contribution in [0.3, 0.4) is 0 Å². The third kappa shape index (κ3) is 3.24. The fraction of sp³-hybridized carbons (Fsp3) is 0.0741. The second-order valence-electron chi connectivity index (χ2n) is 7.89. The van der Waals surface area contributed by atoms with Crippen LogP contribution in [-0.4, -0.2) is 32.1 Å². The number of rotatable bonds is 4. The first-order chi connectivity index (χ1) is 15.5. The van der Waals surface area contributed by atoms with E-state index >= 15 is 0 Å². The second kappa shape index (κ2) is 7.78. The van der Waals surface area contributed by atoms with Crippen molar-refractivity contribution in [1.82, 2.24) is 0 Å². The van der Waals surface area contributed by atoms with Crippen molar-refractivity contribution >= 4 is 45.9 Å². The van der Waals surface area contributed by atoms with Crippen LogP contribution in [0.4, 0.5) is 17.1 Å². The number of aliphatic imine (C=N–C) groups is 1. The molecule has 0 fully saturated rings. The lowest BCUT2D eigenvalue weighted by molar-refractivity contribution is 0.0893. The Morgan fingerprint density at radius 3 is 2.12 bits per heavy atom. The van der Waals surface area contributed by atoms with Gasteiger partial charge in [-0.3, -0.25) is 14.6 Å². The molecule has 0 bridgehead atoms.